The van der Waals surface area contributed by atoms with Crippen LogP contribution in [-0.2, 0) is 14.3 Å². The van der Waals surface area contributed by atoms with Crippen LogP contribution in [0.2, 0.25) is 5.02 Å². The summed E-state index contributed by atoms with van der Waals surface area (Å²) in [5.41, 5.74) is 0.992. The second-order valence-corrected chi connectivity index (χ2v) is 10.9. The molecular formula is C32H34ClFN2O5. The Labute approximate surface area is 244 Å². The summed E-state index contributed by atoms with van der Waals surface area (Å²) in [5, 5.41) is 0.544. The van der Waals surface area contributed by atoms with Crippen molar-refractivity contribution in [3.05, 3.63) is 88.7 Å². The molecule has 1 aliphatic rings. The fraction of sp³-hybridized carbons (Fsp3) is 0.344. The molecule has 0 bridgehead atoms. The van der Waals surface area contributed by atoms with E-state index in [4.69, 9.17) is 21.1 Å². The van der Waals surface area contributed by atoms with Crippen molar-refractivity contribution in [2.24, 2.45) is 0 Å². The van der Waals surface area contributed by atoms with Crippen molar-refractivity contribution >= 4 is 40.8 Å². The maximum Gasteiger partial charge on any atom is 0.349 e. The number of amides is 2. The van der Waals surface area contributed by atoms with Gasteiger partial charge in [0, 0.05) is 40.0 Å². The molecule has 1 aliphatic heterocycles. The molecule has 2 atom stereocenters. The van der Waals surface area contributed by atoms with E-state index in [2.05, 4.69) is 0 Å². The summed E-state index contributed by atoms with van der Waals surface area (Å²) in [4.78, 5) is 43.1. The minimum Gasteiger partial charge on any atom is -0.476 e. The number of fused-ring (bicyclic) bond motifs is 1. The number of halogens is 2. The topological polar surface area (TPSA) is 76.2 Å². The van der Waals surface area contributed by atoms with E-state index in [0.29, 0.717) is 39.7 Å². The number of anilines is 2. The first-order valence-corrected chi connectivity index (χ1v) is 14.0. The van der Waals surface area contributed by atoms with Crippen LogP contribution in [0.3, 0.4) is 0 Å². The molecule has 0 saturated carbocycles. The first-order valence-electron chi connectivity index (χ1n) is 13.6. The highest BCUT2D eigenvalue weighted by Crippen LogP contribution is 2.45. The van der Waals surface area contributed by atoms with Gasteiger partial charge in [0.05, 0.1) is 12.6 Å². The number of benzene rings is 3. The summed E-state index contributed by atoms with van der Waals surface area (Å²) in [5.74, 6) is -0.962. The summed E-state index contributed by atoms with van der Waals surface area (Å²) in [7, 11) is 0. The molecule has 0 aliphatic carbocycles. The van der Waals surface area contributed by atoms with Crippen LogP contribution in [0.25, 0.3) is 0 Å². The van der Waals surface area contributed by atoms with Gasteiger partial charge in [0.1, 0.15) is 11.6 Å². The predicted molar refractivity (Wildman–Crippen MR) is 157 cm³/mol. The monoisotopic (exact) mass is 580 g/mol. The summed E-state index contributed by atoms with van der Waals surface area (Å²) in [6, 6.07) is 16.9. The lowest BCUT2D eigenvalue weighted by Gasteiger charge is -2.44. The van der Waals surface area contributed by atoms with Crippen molar-refractivity contribution in [3.8, 4) is 5.75 Å². The zero-order valence-electron chi connectivity index (χ0n) is 23.8. The Bertz CT molecular complexity index is 1430. The molecule has 41 heavy (non-hydrogen) atoms. The maximum absolute atomic E-state index is 13.7. The Kier molecular flexibility index (Phi) is 9.02. The van der Waals surface area contributed by atoms with Crippen molar-refractivity contribution < 1.29 is 28.2 Å². The largest absolute Gasteiger partial charge is 0.476 e. The maximum atomic E-state index is 13.7. The van der Waals surface area contributed by atoms with Gasteiger partial charge in [0.15, 0.2) is 5.60 Å². The van der Waals surface area contributed by atoms with Crippen LogP contribution in [0.15, 0.2) is 66.7 Å². The lowest BCUT2D eigenvalue weighted by atomic mass is 9.89. The number of ether oxygens (including phenoxy) is 2. The normalized spacial score (nSPS) is 16.5. The second kappa shape index (κ2) is 12.3. The molecule has 0 radical (unpaired) electrons. The van der Waals surface area contributed by atoms with E-state index < -0.39 is 23.4 Å². The summed E-state index contributed by atoms with van der Waals surface area (Å²) >= 11 is 6.15. The van der Waals surface area contributed by atoms with Gasteiger partial charge in [0.25, 0.3) is 5.91 Å². The van der Waals surface area contributed by atoms with E-state index in [1.165, 1.54) is 24.3 Å². The highest BCUT2D eigenvalue weighted by Gasteiger charge is 2.40. The second-order valence-electron chi connectivity index (χ2n) is 10.4. The van der Waals surface area contributed by atoms with Crippen LogP contribution < -0.4 is 14.5 Å². The molecule has 9 heteroatoms. The zero-order valence-corrected chi connectivity index (χ0v) is 24.6. The summed E-state index contributed by atoms with van der Waals surface area (Å²) in [6.45, 7) is 8.89. The molecular weight excluding hydrogens is 547 g/mol. The quantitative estimate of drug-likeness (QED) is 0.265. The minimum absolute atomic E-state index is 0.105. The van der Waals surface area contributed by atoms with Crippen LogP contribution in [0.5, 0.6) is 5.75 Å². The standard InChI is InChI=1S/C32H34ClFN2O5/c1-6-29(37)36(24-14-10-22(33)11-15-24)28-18-20(3)35(30(38)21-8-12-23(34)13-9-21)27-17-16-25(19-26(27)28)41-32(4,5)31(39)40-7-2/h8-17,19-20,28H,6-7,18H2,1-5H3. The van der Waals surface area contributed by atoms with Gasteiger partial charge >= 0.3 is 5.97 Å². The number of carbonyl (C=O) groups excluding carboxylic acids is 3. The van der Waals surface area contributed by atoms with Gasteiger partial charge in [-0.3, -0.25) is 9.59 Å². The molecule has 0 saturated heterocycles. The van der Waals surface area contributed by atoms with E-state index >= 15 is 0 Å². The third-order valence-electron chi connectivity index (χ3n) is 7.06. The van der Waals surface area contributed by atoms with E-state index in [9.17, 15) is 18.8 Å². The Hall–Kier alpha value is -3.91. The Balaban J connectivity index is 1.85. The average Bonchev–Trinajstić information content (AvgIpc) is 2.94. The highest BCUT2D eigenvalue weighted by molar-refractivity contribution is 6.30. The van der Waals surface area contributed by atoms with Gasteiger partial charge < -0.3 is 19.3 Å². The first kappa shape index (κ1) is 30.1. The van der Waals surface area contributed by atoms with E-state index in [1.54, 1.807) is 80.0 Å². The van der Waals surface area contributed by atoms with Gasteiger partial charge in [-0.25, -0.2) is 9.18 Å². The molecule has 2 amide bonds. The number of rotatable bonds is 8. The van der Waals surface area contributed by atoms with Gasteiger partial charge in [-0.15, -0.1) is 0 Å². The Morgan fingerprint density at radius 1 is 1.02 bits per heavy atom. The summed E-state index contributed by atoms with van der Waals surface area (Å²) in [6.07, 6.45) is 0.673. The molecule has 0 aromatic heterocycles. The third kappa shape index (κ3) is 6.38. The molecule has 2 unspecified atom stereocenters. The lowest BCUT2D eigenvalue weighted by Crippen LogP contribution is -2.48. The molecule has 216 valence electrons. The Morgan fingerprint density at radius 3 is 2.29 bits per heavy atom. The number of nitrogens with zero attached hydrogens (tertiary/aromatic N) is 2. The van der Waals surface area contributed by atoms with Gasteiger partial charge in [-0.05, 0) is 101 Å². The van der Waals surface area contributed by atoms with Crippen LogP contribution in [0, 0.1) is 5.82 Å². The highest BCUT2D eigenvalue weighted by atomic mass is 35.5. The zero-order chi connectivity index (χ0) is 29.9. The van der Waals surface area contributed by atoms with Crippen molar-refractivity contribution in [1.82, 2.24) is 0 Å². The van der Waals surface area contributed by atoms with Crippen LogP contribution in [-0.4, -0.2) is 36.0 Å². The van der Waals surface area contributed by atoms with Gasteiger partial charge in [-0.1, -0.05) is 18.5 Å². The number of hydrogen-bond acceptors (Lipinski definition) is 5. The van der Waals surface area contributed by atoms with Crippen molar-refractivity contribution in [2.45, 2.75) is 65.1 Å². The molecule has 0 fully saturated rings. The van der Waals surface area contributed by atoms with Gasteiger partial charge in [-0.2, -0.15) is 0 Å². The lowest BCUT2D eigenvalue weighted by molar-refractivity contribution is -0.158. The smallest absolute Gasteiger partial charge is 0.349 e. The fourth-order valence-electron chi connectivity index (χ4n) is 5.07. The molecule has 0 N–H and O–H groups in total. The van der Waals surface area contributed by atoms with Crippen LogP contribution >= 0.6 is 11.6 Å². The first-order chi connectivity index (χ1) is 19.5. The van der Waals surface area contributed by atoms with Crippen molar-refractivity contribution in [3.63, 3.8) is 0 Å². The Morgan fingerprint density at radius 2 is 1.68 bits per heavy atom. The molecule has 4 rings (SSSR count). The van der Waals surface area contributed by atoms with E-state index in [1.807, 2.05) is 6.92 Å². The van der Waals surface area contributed by atoms with Gasteiger partial charge in [0.2, 0.25) is 5.91 Å². The molecule has 3 aromatic carbocycles. The molecule has 0 spiro atoms. The fourth-order valence-corrected chi connectivity index (χ4v) is 5.20. The van der Waals surface area contributed by atoms with E-state index in [0.717, 1.165) is 0 Å². The third-order valence-corrected chi connectivity index (χ3v) is 7.31. The molecule has 3 aromatic rings. The van der Waals surface area contributed by atoms with Crippen LogP contribution in [0.1, 0.15) is 69.4 Å². The van der Waals surface area contributed by atoms with Crippen molar-refractivity contribution in [2.75, 3.05) is 16.4 Å². The number of esters is 1. The summed E-state index contributed by atoms with van der Waals surface area (Å²) < 4.78 is 24.9. The van der Waals surface area contributed by atoms with Crippen LogP contribution in [0.4, 0.5) is 15.8 Å². The SMILES string of the molecule is CCOC(=O)C(C)(C)Oc1ccc2c(c1)C(N(C(=O)CC)c1ccc(Cl)cc1)CC(C)N2C(=O)c1ccc(F)cc1. The average molecular weight is 581 g/mol. The minimum atomic E-state index is -1.28. The predicted octanol–water partition coefficient (Wildman–Crippen LogP) is 7.12. The number of hydrogen-bond donors (Lipinski definition) is 0. The van der Waals surface area contributed by atoms with E-state index in [-0.39, 0.29) is 30.9 Å². The van der Waals surface area contributed by atoms with Crippen molar-refractivity contribution in [1.29, 1.82) is 0 Å². The number of carbonyl (C=O) groups is 3. The molecule has 7 nitrogen and oxygen atoms in total. The molecule has 1 heterocycles.